The SMILES string of the molecule is C#CCNCc1cc(Br)c(Br)s1. The molecule has 1 heterocycles. The van der Waals surface area contributed by atoms with E-state index in [-0.39, 0.29) is 0 Å². The van der Waals surface area contributed by atoms with E-state index in [2.05, 4.69) is 49.2 Å². The molecule has 1 rings (SSSR count). The molecule has 0 aliphatic carbocycles. The molecule has 0 saturated carbocycles. The van der Waals surface area contributed by atoms with Crippen LogP contribution in [0.15, 0.2) is 14.3 Å². The first-order valence-corrected chi connectivity index (χ1v) is 5.72. The highest BCUT2D eigenvalue weighted by atomic mass is 79.9. The molecule has 0 amide bonds. The van der Waals surface area contributed by atoms with Gasteiger partial charge in [0.15, 0.2) is 0 Å². The summed E-state index contributed by atoms with van der Waals surface area (Å²) >= 11 is 8.55. The van der Waals surface area contributed by atoms with Gasteiger partial charge >= 0.3 is 0 Å². The molecular weight excluding hydrogens is 302 g/mol. The normalized spacial score (nSPS) is 9.75. The number of rotatable bonds is 3. The van der Waals surface area contributed by atoms with E-state index >= 15 is 0 Å². The summed E-state index contributed by atoms with van der Waals surface area (Å²) in [6.45, 7) is 1.45. The monoisotopic (exact) mass is 307 g/mol. The summed E-state index contributed by atoms with van der Waals surface area (Å²) in [7, 11) is 0. The Kier molecular flexibility index (Phi) is 4.30. The van der Waals surface area contributed by atoms with Gasteiger partial charge in [-0.15, -0.1) is 17.8 Å². The number of halogens is 2. The summed E-state index contributed by atoms with van der Waals surface area (Å²) in [5, 5.41) is 3.12. The van der Waals surface area contributed by atoms with Crippen molar-refractivity contribution in [2.45, 2.75) is 6.54 Å². The molecule has 0 unspecified atom stereocenters. The summed E-state index contributed by atoms with van der Waals surface area (Å²) < 4.78 is 2.23. The number of thiophene rings is 1. The van der Waals surface area contributed by atoms with Crippen LogP contribution in [0.3, 0.4) is 0 Å². The molecule has 1 nitrogen and oxygen atoms in total. The third-order valence-corrected chi connectivity index (χ3v) is 4.48. The molecule has 0 radical (unpaired) electrons. The van der Waals surface area contributed by atoms with E-state index in [0.717, 1.165) is 14.8 Å². The second kappa shape index (κ2) is 5.03. The van der Waals surface area contributed by atoms with Crippen molar-refractivity contribution in [3.63, 3.8) is 0 Å². The minimum Gasteiger partial charge on any atom is -0.301 e. The lowest BCUT2D eigenvalue weighted by Crippen LogP contribution is -2.11. The van der Waals surface area contributed by atoms with Gasteiger partial charge in [0, 0.05) is 15.9 Å². The highest BCUT2D eigenvalue weighted by Gasteiger charge is 2.02. The molecule has 0 fully saturated rings. The fourth-order valence-electron chi connectivity index (χ4n) is 0.736. The quantitative estimate of drug-likeness (QED) is 0.668. The van der Waals surface area contributed by atoms with Crippen molar-refractivity contribution >= 4 is 43.2 Å². The number of hydrogen-bond acceptors (Lipinski definition) is 2. The minimum atomic E-state index is 0.618. The standard InChI is InChI=1S/C8H7Br2NS/c1-2-3-11-5-6-4-7(9)8(10)12-6/h1,4,11H,3,5H2. The largest absolute Gasteiger partial charge is 0.301 e. The van der Waals surface area contributed by atoms with E-state index in [1.165, 1.54) is 4.88 Å². The predicted molar refractivity (Wildman–Crippen MR) is 60.3 cm³/mol. The number of hydrogen-bond donors (Lipinski definition) is 1. The minimum absolute atomic E-state index is 0.618. The van der Waals surface area contributed by atoms with Gasteiger partial charge in [0.25, 0.3) is 0 Å². The molecule has 12 heavy (non-hydrogen) atoms. The van der Waals surface area contributed by atoms with Crippen LogP contribution in [0.5, 0.6) is 0 Å². The number of nitrogens with one attached hydrogen (secondary N) is 1. The van der Waals surface area contributed by atoms with Gasteiger partial charge in [-0.1, -0.05) is 5.92 Å². The van der Waals surface area contributed by atoms with Gasteiger partial charge in [-0.05, 0) is 37.9 Å². The highest BCUT2D eigenvalue weighted by Crippen LogP contribution is 2.32. The van der Waals surface area contributed by atoms with E-state index in [9.17, 15) is 0 Å². The molecule has 0 aliphatic rings. The maximum absolute atomic E-state index is 5.10. The first kappa shape index (κ1) is 10.3. The van der Waals surface area contributed by atoms with Crippen LogP contribution in [0.25, 0.3) is 0 Å². The van der Waals surface area contributed by atoms with Gasteiger partial charge in [-0.25, -0.2) is 0 Å². The van der Waals surface area contributed by atoms with Crippen molar-refractivity contribution in [3.8, 4) is 12.3 Å². The first-order valence-electron chi connectivity index (χ1n) is 3.32. The van der Waals surface area contributed by atoms with Gasteiger partial charge in [-0.2, -0.15) is 0 Å². The summed E-state index contributed by atoms with van der Waals surface area (Å²) in [4.78, 5) is 1.27. The fraction of sp³-hybridized carbons (Fsp3) is 0.250. The third kappa shape index (κ3) is 2.91. The lowest BCUT2D eigenvalue weighted by Gasteiger charge is -1.94. The zero-order valence-electron chi connectivity index (χ0n) is 6.23. The lowest BCUT2D eigenvalue weighted by atomic mass is 10.4. The van der Waals surface area contributed by atoms with Crippen LogP contribution in [-0.4, -0.2) is 6.54 Å². The van der Waals surface area contributed by atoms with Crippen LogP contribution >= 0.6 is 43.2 Å². The summed E-state index contributed by atoms with van der Waals surface area (Å²) in [5.74, 6) is 2.53. The van der Waals surface area contributed by atoms with Crippen LogP contribution in [0.4, 0.5) is 0 Å². The Bertz CT molecular complexity index is 281. The maximum atomic E-state index is 5.10. The van der Waals surface area contributed by atoms with Crippen LogP contribution < -0.4 is 5.32 Å². The summed E-state index contributed by atoms with van der Waals surface area (Å²) in [6.07, 6.45) is 5.10. The van der Waals surface area contributed by atoms with E-state index < -0.39 is 0 Å². The molecule has 4 heteroatoms. The average molecular weight is 309 g/mol. The van der Waals surface area contributed by atoms with E-state index in [4.69, 9.17) is 6.42 Å². The van der Waals surface area contributed by atoms with Crippen molar-refractivity contribution in [2.24, 2.45) is 0 Å². The van der Waals surface area contributed by atoms with Crippen LogP contribution in [-0.2, 0) is 6.54 Å². The van der Waals surface area contributed by atoms with Crippen molar-refractivity contribution in [2.75, 3.05) is 6.54 Å². The second-order valence-corrected chi connectivity index (χ2v) is 5.45. The Morgan fingerprint density at radius 3 is 2.83 bits per heavy atom. The van der Waals surface area contributed by atoms with Crippen molar-refractivity contribution in [1.82, 2.24) is 5.32 Å². The Morgan fingerprint density at radius 1 is 1.58 bits per heavy atom. The van der Waals surface area contributed by atoms with Gasteiger partial charge in [0.2, 0.25) is 0 Å². The smallest absolute Gasteiger partial charge is 0.0843 e. The van der Waals surface area contributed by atoms with E-state index in [0.29, 0.717) is 6.54 Å². The zero-order valence-corrected chi connectivity index (χ0v) is 10.2. The molecule has 1 aromatic rings. The fourth-order valence-corrected chi connectivity index (χ4v) is 2.88. The van der Waals surface area contributed by atoms with E-state index in [1.807, 2.05) is 0 Å². The van der Waals surface area contributed by atoms with Gasteiger partial charge in [0.05, 0.1) is 10.3 Å². The Balaban J connectivity index is 2.48. The first-order chi connectivity index (χ1) is 5.74. The molecule has 0 aliphatic heterocycles. The predicted octanol–water partition coefficient (Wildman–Crippen LogP) is 3.00. The molecule has 64 valence electrons. The molecule has 0 atom stereocenters. The number of terminal acetylenes is 1. The van der Waals surface area contributed by atoms with Crippen molar-refractivity contribution in [1.29, 1.82) is 0 Å². The second-order valence-electron chi connectivity index (χ2n) is 2.14. The molecule has 0 aromatic carbocycles. The summed E-state index contributed by atoms with van der Waals surface area (Å²) in [6, 6.07) is 2.08. The van der Waals surface area contributed by atoms with E-state index in [1.54, 1.807) is 11.3 Å². The average Bonchev–Trinajstić information content (AvgIpc) is 2.32. The Labute approximate surface area is 92.8 Å². The molecule has 0 spiro atoms. The summed E-state index contributed by atoms with van der Waals surface area (Å²) in [5.41, 5.74) is 0. The molecular formula is C8H7Br2NS. The van der Waals surface area contributed by atoms with Gasteiger partial charge in [0.1, 0.15) is 0 Å². The third-order valence-electron chi connectivity index (χ3n) is 1.22. The van der Waals surface area contributed by atoms with Gasteiger partial charge in [-0.3, -0.25) is 0 Å². The van der Waals surface area contributed by atoms with Gasteiger partial charge < -0.3 is 5.32 Å². The molecule has 0 bridgehead atoms. The highest BCUT2D eigenvalue weighted by molar-refractivity contribution is 9.13. The van der Waals surface area contributed by atoms with Crippen LogP contribution in [0.2, 0.25) is 0 Å². The molecule has 1 aromatic heterocycles. The molecule has 1 N–H and O–H groups in total. The Morgan fingerprint density at radius 2 is 2.33 bits per heavy atom. The van der Waals surface area contributed by atoms with Crippen LogP contribution in [0.1, 0.15) is 4.88 Å². The Hall–Kier alpha value is 0.180. The van der Waals surface area contributed by atoms with Crippen LogP contribution in [0, 0.1) is 12.3 Å². The maximum Gasteiger partial charge on any atom is 0.0843 e. The zero-order chi connectivity index (χ0) is 8.97. The topological polar surface area (TPSA) is 12.0 Å². The lowest BCUT2D eigenvalue weighted by molar-refractivity contribution is 0.781. The molecule has 0 saturated heterocycles. The van der Waals surface area contributed by atoms with Crippen molar-refractivity contribution < 1.29 is 0 Å². The van der Waals surface area contributed by atoms with Crippen molar-refractivity contribution in [3.05, 3.63) is 19.2 Å².